The van der Waals surface area contributed by atoms with E-state index in [4.69, 9.17) is 5.73 Å². The molecule has 6 heteroatoms. The van der Waals surface area contributed by atoms with Gasteiger partial charge in [0, 0.05) is 12.4 Å². The molecule has 0 saturated heterocycles. The summed E-state index contributed by atoms with van der Waals surface area (Å²) in [6.07, 6.45) is 2.87. The van der Waals surface area contributed by atoms with Gasteiger partial charge in [0.05, 0.1) is 6.54 Å². The molecule has 1 aromatic carbocycles. The normalized spacial score (nSPS) is 10.4. The van der Waals surface area contributed by atoms with Gasteiger partial charge in [0.1, 0.15) is 6.54 Å². The average Bonchev–Trinajstić information content (AvgIpc) is 2.40. The van der Waals surface area contributed by atoms with Crippen molar-refractivity contribution in [2.24, 2.45) is 5.73 Å². The van der Waals surface area contributed by atoms with Crippen molar-refractivity contribution in [2.45, 2.75) is 20.0 Å². The van der Waals surface area contributed by atoms with Crippen LogP contribution in [0.5, 0.6) is 0 Å². The fourth-order valence-electron chi connectivity index (χ4n) is 1.85. The van der Waals surface area contributed by atoms with Crippen LogP contribution in [0.15, 0.2) is 46.2 Å². The van der Waals surface area contributed by atoms with Crippen LogP contribution in [0.1, 0.15) is 11.1 Å². The average molecular weight is 273 g/mol. The first-order chi connectivity index (χ1) is 9.47. The van der Waals surface area contributed by atoms with Crippen LogP contribution in [0.3, 0.4) is 0 Å². The van der Waals surface area contributed by atoms with Gasteiger partial charge in [-0.1, -0.05) is 29.8 Å². The summed E-state index contributed by atoms with van der Waals surface area (Å²) in [5, 5.41) is 0. The molecule has 6 nitrogen and oxygen atoms in total. The summed E-state index contributed by atoms with van der Waals surface area (Å²) in [5.41, 5.74) is 5.63. The standard InChI is InChI=1S/C14H15N3O3/c1-10-2-4-11(5-3-10)8-16-6-7-17(9-12(15)18)14(20)13(16)19/h2-7H,8-9H2,1H3,(H2,15,18). The molecule has 2 aromatic rings. The first-order valence-corrected chi connectivity index (χ1v) is 6.11. The number of rotatable bonds is 4. The molecule has 0 unspecified atom stereocenters. The Morgan fingerprint density at radius 3 is 2.20 bits per heavy atom. The van der Waals surface area contributed by atoms with Crippen LogP contribution in [-0.4, -0.2) is 15.0 Å². The predicted octanol–water partition coefficient (Wildman–Crippen LogP) is -0.148. The molecular weight excluding hydrogens is 258 g/mol. The molecule has 2 rings (SSSR count). The number of carbonyl (C=O) groups excluding carboxylic acids is 1. The number of nitrogens with two attached hydrogens (primary N) is 1. The van der Waals surface area contributed by atoms with E-state index in [0.29, 0.717) is 6.54 Å². The smallest absolute Gasteiger partial charge is 0.316 e. The van der Waals surface area contributed by atoms with E-state index in [2.05, 4.69) is 0 Å². The molecular formula is C14H15N3O3. The van der Waals surface area contributed by atoms with Crippen molar-refractivity contribution in [3.8, 4) is 0 Å². The van der Waals surface area contributed by atoms with E-state index in [-0.39, 0.29) is 6.54 Å². The van der Waals surface area contributed by atoms with Crippen LogP contribution in [0, 0.1) is 6.92 Å². The maximum atomic E-state index is 11.9. The number of nitrogens with zero attached hydrogens (tertiary/aromatic N) is 2. The summed E-state index contributed by atoms with van der Waals surface area (Å²) in [7, 11) is 0. The van der Waals surface area contributed by atoms with Crippen molar-refractivity contribution >= 4 is 5.91 Å². The van der Waals surface area contributed by atoms with Gasteiger partial charge < -0.3 is 10.3 Å². The minimum Gasteiger partial charge on any atom is -0.368 e. The Morgan fingerprint density at radius 2 is 1.60 bits per heavy atom. The molecule has 1 heterocycles. The lowest BCUT2D eigenvalue weighted by molar-refractivity contribution is -0.118. The van der Waals surface area contributed by atoms with Gasteiger partial charge in [-0.3, -0.25) is 19.0 Å². The van der Waals surface area contributed by atoms with E-state index >= 15 is 0 Å². The zero-order valence-corrected chi connectivity index (χ0v) is 11.1. The molecule has 0 saturated carbocycles. The number of hydrogen-bond acceptors (Lipinski definition) is 3. The van der Waals surface area contributed by atoms with Gasteiger partial charge in [-0.25, -0.2) is 0 Å². The SMILES string of the molecule is Cc1ccc(Cn2ccn(CC(N)=O)c(=O)c2=O)cc1. The van der Waals surface area contributed by atoms with Crippen molar-refractivity contribution in [3.05, 3.63) is 68.5 Å². The third kappa shape index (κ3) is 3.03. The molecule has 0 spiro atoms. The largest absolute Gasteiger partial charge is 0.368 e. The maximum absolute atomic E-state index is 11.9. The molecule has 0 bridgehead atoms. The van der Waals surface area contributed by atoms with Gasteiger partial charge in [-0.2, -0.15) is 0 Å². The maximum Gasteiger partial charge on any atom is 0.316 e. The number of primary amides is 1. The number of aromatic nitrogens is 2. The zero-order valence-electron chi connectivity index (χ0n) is 11.1. The summed E-state index contributed by atoms with van der Waals surface area (Å²) >= 11 is 0. The number of hydrogen-bond donors (Lipinski definition) is 1. The van der Waals surface area contributed by atoms with Crippen LogP contribution in [0.25, 0.3) is 0 Å². The molecule has 0 aliphatic carbocycles. The number of carbonyl (C=O) groups is 1. The third-order valence-electron chi connectivity index (χ3n) is 2.93. The summed E-state index contributed by atoms with van der Waals surface area (Å²) in [4.78, 5) is 34.5. The van der Waals surface area contributed by atoms with Crippen LogP contribution < -0.4 is 16.9 Å². The van der Waals surface area contributed by atoms with Gasteiger partial charge in [-0.15, -0.1) is 0 Å². The second-order valence-electron chi connectivity index (χ2n) is 4.62. The van der Waals surface area contributed by atoms with Crippen molar-refractivity contribution in [1.82, 2.24) is 9.13 Å². The monoisotopic (exact) mass is 273 g/mol. The molecule has 0 fully saturated rings. The minimum absolute atomic E-state index is 0.292. The van der Waals surface area contributed by atoms with E-state index in [9.17, 15) is 14.4 Å². The summed E-state index contributed by atoms with van der Waals surface area (Å²) in [5.74, 6) is -0.664. The van der Waals surface area contributed by atoms with Crippen LogP contribution >= 0.6 is 0 Å². The number of amides is 1. The lowest BCUT2D eigenvalue weighted by Crippen LogP contribution is -2.42. The molecule has 1 amide bonds. The summed E-state index contributed by atoms with van der Waals surface area (Å²) in [6.45, 7) is 1.99. The second-order valence-corrected chi connectivity index (χ2v) is 4.62. The lowest BCUT2D eigenvalue weighted by Gasteiger charge is -2.08. The van der Waals surface area contributed by atoms with Crippen molar-refractivity contribution < 1.29 is 4.79 Å². The van der Waals surface area contributed by atoms with Gasteiger partial charge in [-0.05, 0) is 12.5 Å². The molecule has 1 aromatic heterocycles. The highest BCUT2D eigenvalue weighted by atomic mass is 16.2. The first-order valence-electron chi connectivity index (χ1n) is 6.11. The first kappa shape index (κ1) is 13.8. The Labute approximate surface area is 115 Å². The molecule has 104 valence electrons. The third-order valence-corrected chi connectivity index (χ3v) is 2.93. The molecule has 20 heavy (non-hydrogen) atoms. The van der Waals surface area contributed by atoms with Crippen molar-refractivity contribution in [2.75, 3.05) is 0 Å². The van der Waals surface area contributed by atoms with E-state index in [0.717, 1.165) is 15.7 Å². The summed E-state index contributed by atoms with van der Waals surface area (Å²) < 4.78 is 2.32. The molecule has 0 aliphatic heterocycles. The topological polar surface area (TPSA) is 87.1 Å². The van der Waals surface area contributed by atoms with E-state index in [1.54, 1.807) is 0 Å². The Bertz CT molecular complexity index is 741. The highest BCUT2D eigenvalue weighted by molar-refractivity contribution is 5.73. The van der Waals surface area contributed by atoms with Gasteiger partial charge in [0.2, 0.25) is 5.91 Å². The van der Waals surface area contributed by atoms with Gasteiger partial charge in [0.15, 0.2) is 0 Å². The highest BCUT2D eigenvalue weighted by Crippen LogP contribution is 2.03. The lowest BCUT2D eigenvalue weighted by atomic mass is 10.1. The Balaban J connectivity index is 2.32. The highest BCUT2D eigenvalue weighted by Gasteiger charge is 2.07. The van der Waals surface area contributed by atoms with Crippen LogP contribution in [0.2, 0.25) is 0 Å². The quantitative estimate of drug-likeness (QED) is 0.786. The second kappa shape index (κ2) is 5.56. The Hall–Kier alpha value is -2.63. The minimum atomic E-state index is -0.751. The molecule has 2 N–H and O–H groups in total. The Morgan fingerprint density at radius 1 is 1.05 bits per heavy atom. The molecule has 0 aliphatic rings. The number of aryl methyl sites for hydroxylation is 1. The predicted molar refractivity (Wildman–Crippen MR) is 74.4 cm³/mol. The Kier molecular flexibility index (Phi) is 3.84. The zero-order chi connectivity index (χ0) is 14.7. The van der Waals surface area contributed by atoms with E-state index in [1.165, 1.54) is 17.0 Å². The van der Waals surface area contributed by atoms with Crippen molar-refractivity contribution in [1.29, 1.82) is 0 Å². The fraction of sp³-hybridized carbons (Fsp3) is 0.214. The molecule has 0 radical (unpaired) electrons. The van der Waals surface area contributed by atoms with Crippen molar-refractivity contribution in [3.63, 3.8) is 0 Å². The summed E-state index contributed by atoms with van der Waals surface area (Å²) in [6, 6.07) is 7.68. The van der Waals surface area contributed by atoms with Crippen LogP contribution in [0.4, 0.5) is 0 Å². The van der Waals surface area contributed by atoms with Gasteiger partial charge >= 0.3 is 11.1 Å². The van der Waals surface area contributed by atoms with E-state index < -0.39 is 17.0 Å². The van der Waals surface area contributed by atoms with Crippen LogP contribution in [-0.2, 0) is 17.9 Å². The molecule has 0 atom stereocenters. The number of benzene rings is 1. The van der Waals surface area contributed by atoms with Gasteiger partial charge in [0.25, 0.3) is 0 Å². The van der Waals surface area contributed by atoms with E-state index in [1.807, 2.05) is 31.2 Å². The fourth-order valence-corrected chi connectivity index (χ4v) is 1.85.